The molecule has 8 heteroatoms. The zero-order valence-electron chi connectivity index (χ0n) is 17.3. The van der Waals surface area contributed by atoms with Crippen LogP contribution >= 0.6 is 0 Å². The number of rotatable bonds is 6. The van der Waals surface area contributed by atoms with Crippen molar-refractivity contribution >= 4 is 10.9 Å². The molecule has 0 spiro atoms. The molecule has 1 aromatic carbocycles. The minimum absolute atomic E-state index is 0.0855. The van der Waals surface area contributed by atoms with E-state index in [2.05, 4.69) is 45.3 Å². The number of likely N-dealkylation sites (tertiary alicyclic amines) is 1. The number of methoxy groups -OCH3 is 1. The third-order valence-corrected chi connectivity index (χ3v) is 5.85. The summed E-state index contributed by atoms with van der Waals surface area (Å²) in [6, 6.07) is 5.89. The van der Waals surface area contributed by atoms with E-state index in [1.165, 1.54) is 12.0 Å². The highest BCUT2D eigenvalue weighted by atomic mass is 16.5. The van der Waals surface area contributed by atoms with E-state index in [-0.39, 0.29) is 11.6 Å². The molecule has 1 aliphatic rings. The number of hydrogen-bond donors (Lipinski definition) is 1. The molecule has 1 aliphatic heterocycles. The average Bonchev–Trinajstić information content (AvgIpc) is 3.17. The number of H-pyrrole nitrogens is 1. The summed E-state index contributed by atoms with van der Waals surface area (Å²) in [6.07, 6.45) is 3.43. The number of aromatic amines is 1. The first-order valence-electron chi connectivity index (χ1n) is 10.2. The molecule has 1 atom stereocenters. The molecule has 0 amide bonds. The molecule has 3 heterocycles. The molecule has 29 heavy (non-hydrogen) atoms. The lowest BCUT2D eigenvalue weighted by Crippen LogP contribution is -2.38. The predicted octanol–water partition coefficient (Wildman–Crippen LogP) is 2.35. The lowest BCUT2D eigenvalue weighted by atomic mass is 9.99. The minimum Gasteiger partial charge on any atom is -0.383 e. The molecular formula is C21H28N6O2. The van der Waals surface area contributed by atoms with Crippen LogP contribution in [0, 0.1) is 13.8 Å². The number of aromatic nitrogens is 5. The predicted molar refractivity (Wildman–Crippen MR) is 111 cm³/mol. The number of piperidine rings is 1. The maximum atomic E-state index is 13.1. The van der Waals surface area contributed by atoms with Gasteiger partial charge < -0.3 is 9.72 Å². The molecule has 0 bridgehead atoms. The lowest BCUT2D eigenvalue weighted by molar-refractivity contribution is 0.163. The van der Waals surface area contributed by atoms with Crippen molar-refractivity contribution in [2.45, 2.75) is 45.7 Å². The maximum Gasteiger partial charge on any atom is 0.253 e. The van der Waals surface area contributed by atoms with Gasteiger partial charge in [-0.3, -0.25) is 9.69 Å². The second-order valence-corrected chi connectivity index (χ2v) is 7.83. The Morgan fingerprint density at radius 1 is 1.14 bits per heavy atom. The minimum atomic E-state index is -0.281. The van der Waals surface area contributed by atoms with Gasteiger partial charge >= 0.3 is 0 Å². The summed E-state index contributed by atoms with van der Waals surface area (Å²) < 4.78 is 6.97. The third-order valence-electron chi connectivity index (χ3n) is 5.85. The first-order chi connectivity index (χ1) is 14.1. The van der Waals surface area contributed by atoms with Crippen molar-refractivity contribution in [2.75, 3.05) is 26.8 Å². The van der Waals surface area contributed by atoms with Gasteiger partial charge in [-0.25, -0.2) is 4.68 Å². The number of nitrogens with one attached hydrogen (secondary N) is 1. The van der Waals surface area contributed by atoms with E-state index in [0.717, 1.165) is 42.4 Å². The van der Waals surface area contributed by atoms with Gasteiger partial charge in [-0.15, -0.1) is 5.10 Å². The topological polar surface area (TPSA) is 88.9 Å². The van der Waals surface area contributed by atoms with E-state index >= 15 is 0 Å². The number of tetrazole rings is 1. The van der Waals surface area contributed by atoms with Crippen molar-refractivity contribution in [1.29, 1.82) is 0 Å². The van der Waals surface area contributed by atoms with Crippen molar-refractivity contribution < 1.29 is 4.74 Å². The Morgan fingerprint density at radius 2 is 1.90 bits per heavy atom. The Labute approximate surface area is 169 Å². The molecule has 1 unspecified atom stereocenters. The molecule has 1 N–H and O–H groups in total. The van der Waals surface area contributed by atoms with Crippen LogP contribution in [0.15, 0.2) is 23.0 Å². The van der Waals surface area contributed by atoms with E-state index in [0.29, 0.717) is 24.5 Å². The SMILES string of the molecule is COCCn1nnnc1C(c1cc2cc(C)c(C)cc2[nH]c1=O)N1CCCCC1. The normalized spacial score (nSPS) is 16.4. The highest BCUT2D eigenvalue weighted by Crippen LogP contribution is 2.29. The van der Waals surface area contributed by atoms with Crippen LogP contribution in [-0.4, -0.2) is 56.9 Å². The van der Waals surface area contributed by atoms with Crippen LogP contribution in [0.5, 0.6) is 0 Å². The summed E-state index contributed by atoms with van der Waals surface area (Å²) in [4.78, 5) is 18.6. The smallest absolute Gasteiger partial charge is 0.253 e. The number of nitrogens with zero attached hydrogens (tertiary/aromatic N) is 5. The van der Waals surface area contributed by atoms with Crippen molar-refractivity contribution in [1.82, 2.24) is 30.1 Å². The third kappa shape index (κ3) is 3.95. The monoisotopic (exact) mass is 396 g/mol. The van der Waals surface area contributed by atoms with E-state index in [1.54, 1.807) is 11.8 Å². The molecule has 0 radical (unpaired) electrons. The second-order valence-electron chi connectivity index (χ2n) is 7.83. The second kappa shape index (κ2) is 8.42. The van der Waals surface area contributed by atoms with E-state index in [4.69, 9.17) is 4.74 Å². The van der Waals surface area contributed by atoms with Crippen molar-refractivity contribution in [2.24, 2.45) is 0 Å². The fraction of sp³-hybridized carbons (Fsp3) is 0.524. The van der Waals surface area contributed by atoms with Gasteiger partial charge in [0.05, 0.1) is 13.2 Å². The van der Waals surface area contributed by atoms with E-state index in [9.17, 15) is 4.79 Å². The summed E-state index contributed by atoms with van der Waals surface area (Å²) >= 11 is 0. The molecule has 0 saturated carbocycles. The first kappa shape index (κ1) is 19.7. The molecule has 1 fully saturated rings. The van der Waals surface area contributed by atoms with Gasteiger partial charge in [0, 0.05) is 18.2 Å². The average molecular weight is 396 g/mol. The fourth-order valence-corrected chi connectivity index (χ4v) is 4.12. The van der Waals surface area contributed by atoms with Gasteiger partial charge in [0.15, 0.2) is 5.82 Å². The number of pyridine rings is 1. The molecule has 0 aliphatic carbocycles. The van der Waals surface area contributed by atoms with Crippen LogP contribution in [0.1, 0.15) is 47.8 Å². The Bertz CT molecular complexity index is 1050. The number of hydrogen-bond acceptors (Lipinski definition) is 6. The van der Waals surface area contributed by atoms with Gasteiger partial charge in [-0.2, -0.15) is 0 Å². The zero-order valence-corrected chi connectivity index (χ0v) is 17.3. The summed E-state index contributed by atoms with van der Waals surface area (Å²) in [5, 5.41) is 13.4. The number of fused-ring (bicyclic) bond motifs is 1. The summed E-state index contributed by atoms with van der Waals surface area (Å²) in [5.41, 5.74) is 3.83. The molecule has 154 valence electrons. The summed E-state index contributed by atoms with van der Waals surface area (Å²) in [5.74, 6) is 0.692. The van der Waals surface area contributed by atoms with Gasteiger partial charge in [-0.1, -0.05) is 6.42 Å². The standard InChI is InChI=1S/C21H28N6O2/c1-14-11-16-13-17(21(28)22-18(16)12-15(14)2)19(26-7-5-4-6-8-26)20-23-24-25-27(20)9-10-29-3/h11-13,19H,4-10H2,1-3H3,(H,22,28). The van der Waals surface area contributed by atoms with Crippen LogP contribution in [0.25, 0.3) is 10.9 Å². The zero-order chi connectivity index (χ0) is 20.4. The molecule has 4 rings (SSSR count). The largest absolute Gasteiger partial charge is 0.383 e. The number of ether oxygens (including phenoxy) is 1. The Balaban J connectivity index is 1.85. The van der Waals surface area contributed by atoms with Crippen molar-refractivity contribution in [3.8, 4) is 0 Å². The van der Waals surface area contributed by atoms with Crippen LogP contribution in [-0.2, 0) is 11.3 Å². The Hall–Kier alpha value is -2.58. The quantitative estimate of drug-likeness (QED) is 0.688. The van der Waals surface area contributed by atoms with Crippen LogP contribution < -0.4 is 5.56 Å². The van der Waals surface area contributed by atoms with Crippen molar-refractivity contribution in [3.05, 3.63) is 51.1 Å². The maximum absolute atomic E-state index is 13.1. The Kier molecular flexibility index (Phi) is 5.73. The molecule has 3 aromatic rings. The highest BCUT2D eigenvalue weighted by Gasteiger charge is 2.31. The number of benzene rings is 1. The number of aryl methyl sites for hydroxylation is 2. The first-order valence-corrected chi connectivity index (χ1v) is 10.2. The van der Waals surface area contributed by atoms with Crippen LogP contribution in [0.4, 0.5) is 0 Å². The van der Waals surface area contributed by atoms with Crippen LogP contribution in [0.2, 0.25) is 0 Å². The summed E-state index contributed by atoms with van der Waals surface area (Å²) in [7, 11) is 1.66. The fourth-order valence-electron chi connectivity index (χ4n) is 4.12. The molecule has 2 aromatic heterocycles. The van der Waals surface area contributed by atoms with Gasteiger partial charge in [0.25, 0.3) is 5.56 Å². The summed E-state index contributed by atoms with van der Waals surface area (Å²) in [6.45, 7) is 7.05. The van der Waals surface area contributed by atoms with E-state index in [1.807, 2.05) is 12.1 Å². The van der Waals surface area contributed by atoms with Gasteiger partial charge in [0.1, 0.15) is 6.04 Å². The molecule has 8 nitrogen and oxygen atoms in total. The molecule has 1 saturated heterocycles. The van der Waals surface area contributed by atoms with E-state index < -0.39 is 0 Å². The van der Waals surface area contributed by atoms with Gasteiger partial charge in [-0.05, 0) is 84.9 Å². The van der Waals surface area contributed by atoms with Crippen LogP contribution in [0.3, 0.4) is 0 Å². The van der Waals surface area contributed by atoms with Crippen molar-refractivity contribution in [3.63, 3.8) is 0 Å². The van der Waals surface area contributed by atoms with Gasteiger partial charge in [0.2, 0.25) is 0 Å². The lowest BCUT2D eigenvalue weighted by Gasteiger charge is -2.33. The Morgan fingerprint density at radius 3 is 2.66 bits per heavy atom. The highest BCUT2D eigenvalue weighted by molar-refractivity contribution is 5.81. The molecular weight excluding hydrogens is 368 g/mol.